The Morgan fingerprint density at radius 1 is 1.04 bits per heavy atom. The van der Waals surface area contributed by atoms with E-state index < -0.39 is 0 Å². The maximum Gasteiger partial charge on any atom is 0.247 e. The third kappa shape index (κ3) is 3.34. The summed E-state index contributed by atoms with van der Waals surface area (Å²) in [7, 11) is 3.27. The zero-order valence-corrected chi connectivity index (χ0v) is 16.0. The van der Waals surface area contributed by atoms with Gasteiger partial charge in [0.05, 0.1) is 31.9 Å². The number of methoxy groups -OCH3 is 2. The summed E-state index contributed by atoms with van der Waals surface area (Å²) in [4.78, 5) is 13.2. The number of rotatable bonds is 4. The zero-order chi connectivity index (χ0) is 18.8. The van der Waals surface area contributed by atoms with Crippen LogP contribution >= 0.6 is 0 Å². The molecule has 1 aliphatic carbocycles. The third-order valence-electron chi connectivity index (χ3n) is 5.88. The molecule has 6 heteroatoms. The predicted molar refractivity (Wildman–Crippen MR) is 104 cm³/mol. The van der Waals surface area contributed by atoms with Crippen molar-refractivity contribution in [3.05, 3.63) is 35.9 Å². The van der Waals surface area contributed by atoms with Gasteiger partial charge in [0, 0.05) is 11.5 Å². The molecule has 1 fully saturated rings. The minimum Gasteiger partial charge on any atom is -0.493 e. The Labute approximate surface area is 160 Å². The number of nitrogens with one attached hydrogen (secondary N) is 1. The molecule has 1 saturated heterocycles. The van der Waals surface area contributed by atoms with Gasteiger partial charge in [-0.1, -0.05) is 12.2 Å². The van der Waals surface area contributed by atoms with Gasteiger partial charge in [-0.25, -0.2) is 5.01 Å². The zero-order valence-electron chi connectivity index (χ0n) is 16.0. The van der Waals surface area contributed by atoms with Gasteiger partial charge in [-0.15, -0.1) is 0 Å². The van der Waals surface area contributed by atoms with Crippen molar-refractivity contribution in [1.82, 2.24) is 10.3 Å². The second-order valence-electron chi connectivity index (χ2n) is 7.37. The number of hydrazone groups is 1. The highest BCUT2D eigenvalue weighted by atomic mass is 16.5. The van der Waals surface area contributed by atoms with Gasteiger partial charge in [0.2, 0.25) is 5.91 Å². The van der Waals surface area contributed by atoms with Crippen molar-refractivity contribution in [2.24, 2.45) is 16.9 Å². The van der Waals surface area contributed by atoms with Crippen molar-refractivity contribution < 1.29 is 14.3 Å². The lowest BCUT2D eigenvalue weighted by Gasteiger charge is -2.41. The number of allylic oxidation sites excluding steroid dienone is 2. The average Bonchev–Trinajstić information content (AvgIpc) is 2.74. The maximum absolute atomic E-state index is 13.2. The first-order valence-corrected chi connectivity index (χ1v) is 9.72. The van der Waals surface area contributed by atoms with Gasteiger partial charge in [0.1, 0.15) is 0 Å². The summed E-state index contributed by atoms with van der Waals surface area (Å²) in [6, 6.07) is 6.09. The lowest BCUT2D eigenvalue weighted by atomic mass is 9.76. The van der Waals surface area contributed by atoms with Crippen LogP contribution in [0.1, 0.15) is 31.2 Å². The number of hydrogen-bond acceptors (Lipinski definition) is 5. The van der Waals surface area contributed by atoms with Crippen molar-refractivity contribution in [3.8, 4) is 11.5 Å². The Hall–Kier alpha value is -2.34. The van der Waals surface area contributed by atoms with Gasteiger partial charge in [-0.3, -0.25) is 4.79 Å². The van der Waals surface area contributed by atoms with Gasteiger partial charge in [-0.05, 0) is 57.0 Å². The molecule has 0 bridgehead atoms. The van der Waals surface area contributed by atoms with E-state index in [9.17, 15) is 4.79 Å². The van der Waals surface area contributed by atoms with Crippen LogP contribution in [0.15, 0.2) is 35.5 Å². The van der Waals surface area contributed by atoms with Gasteiger partial charge in [0.25, 0.3) is 0 Å². The molecule has 2 heterocycles. The molecule has 2 unspecified atom stereocenters. The van der Waals surface area contributed by atoms with E-state index in [1.807, 2.05) is 18.2 Å². The van der Waals surface area contributed by atoms with Crippen LogP contribution in [-0.4, -0.2) is 50.0 Å². The van der Waals surface area contributed by atoms with E-state index in [1.165, 1.54) is 0 Å². The van der Waals surface area contributed by atoms with Crippen molar-refractivity contribution >= 4 is 11.6 Å². The summed E-state index contributed by atoms with van der Waals surface area (Å²) in [6.07, 6.45) is 7.84. The lowest BCUT2D eigenvalue weighted by Crippen LogP contribution is -2.51. The molecule has 6 nitrogen and oxygen atoms in total. The van der Waals surface area contributed by atoms with Crippen LogP contribution in [0.2, 0.25) is 0 Å². The predicted octanol–water partition coefficient (Wildman–Crippen LogP) is 2.58. The summed E-state index contributed by atoms with van der Waals surface area (Å²) in [5.41, 5.74) is 1.99. The first kappa shape index (κ1) is 18.0. The molecule has 4 rings (SSSR count). The number of carbonyl (C=O) groups is 1. The first-order chi connectivity index (χ1) is 13.2. The summed E-state index contributed by atoms with van der Waals surface area (Å²) < 4.78 is 10.9. The highest BCUT2D eigenvalue weighted by molar-refractivity contribution is 6.07. The number of ether oxygens (including phenoxy) is 2. The highest BCUT2D eigenvalue weighted by Crippen LogP contribution is 2.38. The summed E-state index contributed by atoms with van der Waals surface area (Å²) in [6.45, 7) is 1.87. The molecule has 1 N–H and O–H groups in total. The van der Waals surface area contributed by atoms with Crippen LogP contribution in [-0.2, 0) is 4.79 Å². The van der Waals surface area contributed by atoms with Gasteiger partial charge >= 0.3 is 0 Å². The van der Waals surface area contributed by atoms with E-state index in [0.29, 0.717) is 11.5 Å². The molecule has 0 saturated carbocycles. The van der Waals surface area contributed by atoms with E-state index >= 15 is 0 Å². The molecular weight excluding hydrogens is 342 g/mol. The molecule has 27 heavy (non-hydrogen) atoms. The van der Waals surface area contributed by atoms with E-state index in [0.717, 1.165) is 50.0 Å². The molecule has 1 aromatic carbocycles. The number of hydrogen-bond donors (Lipinski definition) is 1. The molecule has 144 valence electrons. The fourth-order valence-corrected chi connectivity index (χ4v) is 4.38. The molecule has 1 amide bonds. The Bertz CT molecular complexity index is 768. The van der Waals surface area contributed by atoms with Crippen molar-refractivity contribution in [2.45, 2.75) is 31.7 Å². The van der Waals surface area contributed by atoms with Gasteiger partial charge in [-0.2, -0.15) is 5.10 Å². The number of nitrogens with zero attached hydrogens (tertiary/aromatic N) is 2. The third-order valence-corrected chi connectivity index (χ3v) is 5.88. The van der Waals surface area contributed by atoms with Crippen LogP contribution in [0.4, 0.5) is 0 Å². The van der Waals surface area contributed by atoms with E-state index in [-0.39, 0.29) is 23.8 Å². The number of fused-ring (bicyclic) bond motifs is 1. The van der Waals surface area contributed by atoms with Crippen molar-refractivity contribution in [1.29, 1.82) is 0 Å². The van der Waals surface area contributed by atoms with Crippen molar-refractivity contribution in [2.75, 3.05) is 27.3 Å². The minimum absolute atomic E-state index is 0.0227. The average molecular weight is 369 g/mol. The van der Waals surface area contributed by atoms with Gasteiger partial charge < -0.3 is 14.8 Å². The standard InChI is InChI=1S/C21H27N3O3/c1-26-18-8-7-14(13-19(18)27-2)20-16-5-3-4-6-17(16)21(25)24(23-20)15-9-11-22-12-10-15/h3-4,7-8,13,15-17,22H,5-6,9-12H2,1-2H3. The normalized spacial score (nSPS) is 25.8. The topological polar surface area (TPSA) is 63.2 Å². The maximum atomic E-state index is 13.2. The number of piperidine rings is 1. The molecule has 1 aromatic rings. The second-order valence-corrected chi connectivity index (χ2v) is 7.37. The minimum atomic E-state index is -0.0227. The summed E-state index contributed by atoms with van der Waals surface area (Å²) in [5.74, 6) is 1.67. The smallest absolute Gasteiger partial charge is 0.247 e. The van der Waals surface area contributed by atoms with Crippen LogP contribution < -0.4 is 14.8 Å². The molecular formula is C21H27N3O3. The molecule has 2 atom stereocenters. The number of carbonyl (C=O) groups excluding carboxylic acids is 1. The highest BCUT2D eigenvalue weighted by Gasteiger charge is 2.42. The quantitative estimate of drug-likeness (QED) is 0.829. The fourth-order valence-electron chi connectivity index (χ4n) is 4.38. The Balaban J connectivity index is 1.75. The van der Waals surface area contributed by atoms with E-state index in [1.54, 1.807) is 19.2 Å². The van der Waals surface area contributed by atoms with Gasteiger partial charge in [0.15, 0.2) is 11.5 Å². The second kappa shape index (κ2) is 7.72. The Kier molecular flexibility index (Phi) is 5.16. The molecule has 0 aromatic heterocycles. The molecule has 0 spiro atoms. The number of amides is 1. The van der Waals surface area contributed by atoms with Crippen LogP contribution in [0.5, 0.6) is 11.5 Å². The van der Waals surface area contributed by atoms with Crippen LogP contribution in [0.3, 0.4) is 0 Å². The largest absolute Gasteiger partial charge is 0.493 e. The Morgan fingerprint density at radius 3 is 2.44 bits per heavy atom. The monoisotopic (exact) mass is 369 g/mol. The first-order valence-electron chi connectivity index (χ1n) is 9.72. The molecule has 0 radical (unpaired) electrons. The SMILES string of the molecule is COc1ccc(C2=NN(C3CCNCC3)C(=O)C3CC=CCC23)cc1OC. The summed E-state index contributed by atoms with van der Waals surface area (Å²) in [5, 5.41) is 10.1. The lowest BCUT2D eigenvalue weighted by molar-refractivity contribution is -0.141. The van der Waals surface area contributed by atoms with Crippen molar-refractivity contribution in [3.63, 3.8) is 0 Å². The number of benzene rings is 1. The van der Waals surface area contributed by atoms with Crippen LogP contribution in [0, 0.1) is 11.8 Å². The fraction of sp³-hybridized carbons (Fsp3) is 0.524. The summed E-state index contributed by atoms with van der Waals surface area (Å²) >= 11 is 0. The van der Waals surface area contributed by atoms with E-state index in [2.05, 4.69) is 17.5 Å². The van der Waals surface area contributed by atoms with Crippen LogP contribution in [0.25, 0.3) is 0 Å². The Morgan fingerprint density at radius 2 is 1.74 bits per heavy atom. The van der Waals surface area contributed by atoms with E-state index in [4.69, 9.17) is 14.6 Å². The molecule has 3 aliphatic rings. The molecule has 2 aliphatic heterocycles.